The van der Waals surface area contributed by atoms with Gasteiger partial charge >= 0.3 is 0 Å². The summed E-state index contributed by atoms with van der Waals surface area (Å²) in [5, 5.41) is 11.6. The van der Waals surface area contributed by atoms with Gasteiger partial charge in [-0.05, 0) is 28.1 Å². The third-order valence-corrected chi connectivity index (χ3v) is 2.41. The average Bonchev–Trinajstić information content (AvgIpc) is 2.77. The van der Waals surface area contributed by atoms with Crippen molar-refractivity contribution in [2.45, 2.75) is 19.9 Å². The lowest BCUT2D eigenvalue weighted by Crippen LogP contribution is -2.06. The Morgan fingerprint density at radius 3 is 2.62 bits per heavy atom. The molecule has 2 aromatic rings. The molecule has 0 aliphatic carbocycles. The first-order valence-corrected chi connectivity index (χ1v) is 5.21. The maximum Gasteiger partial charge on any atom is 0.151 e. The highest BCUT2D eigenvalue weighted by molar-refractivity contribution is 5.27. The van der Waals surface area contributed by atoms with Gasteiger partial charge in [-0.25, -0.2) is 4.68 Å². The minimum absolute atomic E-state index is 0.695. The summed E-state index contributed by atoms with van der Waals surface area (Å²) in [7, 11) is 1.66. The van der Waals surface area contributed by atoms with Gasteiger partial charge in [-0.15, -0.1) is 5.10 Å². The zero-order valence-corrected chi connectivity index (χ0v) is 9.42. The van der Waals surface area contributed by atoms with Crippen molar-refractivity contribution in [2.75, 3.05) is 7.11 Å². The lowest BCUT2D eigenvalue weighted by molar-refractivity contribution is 0.414. The van der Waals surface area contributed by atoms with Crippen LogP contribution in [0.2, 0.25) is 0 Å². The molecule has 16 heavy (non-hydrogen) atoms. The molecule has 0 fully saturated rings. The number of hydrogen-bond acceptors (Lipinski definition) is 4. The summed E-state index contributed by atoms with van der Waals surface area (Å²) in [5.74, 6) is 1.76. The number of hydrogen-bond donors (Lipinski definition) is 0. The predicted octanol–water partition coefficient (Wildman–Crippen LogP) is 1.29. The van der Waals surface area contributed by atoms with Crippen LogP contribution in [-0.4, -0.2) is 27.3 Å². The molecule has 0 aliphatic heterocycles. The van der Waals surface area contributed by atoms with Crippen LogP contribution in [0.3, 0.4) is 0 Å². The quantitative estimate of drug-likeness (QED) is 0.776. The molecule has 5 heteroatoms. The number of ether oxygens (including phenoxy) is 1. The predicted molar refractivity (Wildman–Crippen MR) is 59.3 cm³/mol. The molecule has 0 N–H and O–H groups in total. The first-order valence-electron chi connectivity index (χ1n) is 5.21. The minimum Gasteiger partial charge on any atom is -0.497 e. The second-order valence-corrected chi connectivity index (χ2v) is 3.45. The number of aromatic nitrogens is 4. The Balaban J connectivity index is 2.14. The fraction of sp³-hybridized carbons (Fsp3) is 0.364. The zero-order valence-electron chi connectivity index (χ0n) is 9.42. The summed E-state index contributed by atoms with van der Waals surface area (Å²) in [6.07, 6.45) is 0.836. The van der Waals surface area contributed by atoms with Crippen molar-refractivity contribution in [2.24, 2.45) is 0 Å². The van der Waals surface area contributed by atoms with Crippen LogP contribution < -0.4 is 4.74 Å². The molecule has 0 bridgehead atoms. The van der Waals surface area contributed by atoms with Crippen LogP contribution in [0.1, 0.15) is 18.3 Å². The van der Waals surface area contributed by atoms with E-state index in [2.05, 4.69) is 15.5 Å². The van der Waals surface area contributed by atoms with E-state index >= 15 is 0 Å². The highest BCUT2D eigenvalue weighted by atomic mass is 16.5. The Morgan fingerprint density at radius 1 is 1.25 bits per heavy atom. The molecule has 0 saturated carbocycles. The van der Waals surface area contributed by atoms with Gasteiger partial charge in [-0.2, -0.15) is 0 Å². The molecular weight excluding hydrogens is 204 g/mol. The second kappa shape index (κ2) is 4.74. The maximum atomic E-state index is 5.10. The molecule has 1 aromatic heterocycles. The lowest BCUT2D eigenvalue weighted by Gasteiger charge is -2.04. The van der Waals surface area contributed by atoms with E-state index in [0.717, 1.165) is 23.6 Å². The van der Waals surface area contributed by atoms with Gasteiger partial charge < -0.3 is 4.74 Å². The van der Waals surface area contributed by atoms with Gasteiger partial charge in [-0.1, -0.05) is 19.1 Å². The average molecular weight is 218 g/mol. The molecular formula is C11H14N4O. The van der Waals surface area contributed by atoms with Crippen LogP contribution >= 0.6 is 0 Å². The summed E-state index contributed by atoms with van der Waals surface area (Å²) in [6, 6.07) is 7.90. The van der Waals surface area contributed by atoms with Crippen molar-refractivity contribution in [3.05, 3.63) is 35.7 Å². The lowest BCUT2D eigenvalue weighted by atomic mass is 10.2. The highest BCUT2D eigenvalue weighted by Gasteiger charge is 2.03. The minimum atomic E-state index is 0.695. The van der Waals surface area contributed by atoms with Crippen LogP contribution in [0.5, 0.6) is 5.75 Å². The molecule has 0 atom stereocenters. The Hall–Kier alpha value is -1.91. The van der Waals surface area contributed by atoms with Crippen molar-refractivity contribution in [3.8, 4) is 5.75 Å². The Labute approximate surface area is 94.0 Å². The first-order chi connectivity index (χ1) is 7.83. The summed E-state index contributed by atoms with van der Waals surface area (Å²) in [5.41, 5.74) is 1.16. The number of tetrazole rings is 1. The van der Waals surface area contributed by atoms with Gasteiger partial charge in [0.2, 0.25) is 0 Å². The number of rotatable bonds is 4. The molecule has 1 heterocycles. The van der Waals surface area contributed by atoms with Crippen molar-refractivity contribution in [1.29, 1.82) is 0 Å². The van der Waals surface area contributed by atoms with E-state index in [4.69, 9.17) is 4.74 Å². The summed E-state index contributed by atoms with van der Waals surface area (Å²) in [6.45, 7) is 2.73. The fourth-order valence-electron chi connectivity index (χ4n) is 1.50. The molecule has 0 spiro atoms. The summed E-state index contributed by atoms with van der Waals surface area (Å²) >= 11 is 0. The third kappa shape index (κ3) is 2.18. The van der Waals surface area contributed by atoms with Gasteiger partial charge in [0.05, 0.1) is 13.7 Å². The normalized spacial score (nSPS) is 10.4. The zero-order chi connectivity index (χ0) is 11.4. The molecule has 0 unspecified atom stereocenters. The van der Waals surface area contributed by atoms with Crippen LogP contribution in [0.15, 0.2) is 24.3 Å². The van der Waals surface area contributed by atoms with Crippen LogP contribution in [0.25, 0.3) is 0 Å². The van der Waals surface area contributed by atoms with Gasteiger partial charge in [0.25, 0.3) is 0 Å². The van der Waals surface area contributed by atoms with Crippen molar-refractivity contribution in [3.63, 3.8) is 0 Å². The standard InChI is InChI=1S/C11H14N4O/c1-3-11-12-13-14-15(11)8-9-4-6-10(16-2)7-5-9/h4-7H,3,8H2,1-2H3. The van der Waals surface area contributed by atoms with Crippen LogP contribution in [0.4, 0.5) is 0 Å². The Morgan fingerprint density at radius 2 is 2.00 bits per heavy atom. The number of methoxy groups -OCH3 is 1. The smallest absolute Gasteiger partial charge is 0.151 e. The number of nitrogens with zero attached hydrogens (tertiary/aromatic N) is 4. The van der Waals surface area contributed by atoms with Gasteiger partial charge in [0.1, 0.15) is 5.75 Å². The van der Waals surface area contributed by atoms with E-state index in [1.165, 1.54) is 0 Å². The number of benzene rings is 1. The first kappa shape index (κ1) is 10.6. The fourth-order valence-corrected chi connectivity index (χ4v) is 1.50. The molecule has 0 radical (unpaired) electrons. The largest absolute Gasteiger partial charge is 0.497 e. The van der Waals surface area contributed by atoms with Crippen molar-refractivity contribution in [1.82, 2.24) is 20.2 Å². The van der Waals surface area contributed by atoms with Gasteiger partial charge in [-0.3, -0.25) is 0 Å². The molecule has 0 aliphatic rings. The van der Waals surface area contributed by atoms with E-state index < -0.39 is 0 Å². The van der Waals surface area contributed by atoms with Gasteiger partial charge in [0, 0.05) is 6.42 Å². The van der Waals surface area contributed by atoms with E-state index in [-0.39, 0.29) is 0 Å². The summed E-state index contributed by atoms with van der Waals surface area (Å²) in [4.78, 5) is 0. The SMILES string of the molecule is CCc1nnnn1Cc1ccc(OC)cc1. The molecule has 84 valence electrons. The van der Waals surface area contributed by atoms with Crippen LogP contribution in [-0.2, 0) is 13.0 Å². The molecule has 0 saturated heterocycles. The molecule has 1 aromatic carbocycles. The summed E-state index contributed by atoms with van der Waals surface area (Å²) < 4.78 is 6.91. The maximum absolute atomic E-state index is 5.10. The van der Waals surface area contributed by atoms with Gasteiger partial charge in [0.15, 0.2) is 5.82 Å². The van der Waals surface area contributed by atoms with E-state index in [1.54, 1.807) is 7.11 Å². The number of aryl methyl sites for hydroxylation is 1. The van der Waals surface area contributed by atoms with Crippen molar-refractivity contribution < 1.29 is 4.74 Å². The molecule has 5 nitrogen and oxygen atoms in total. The highest BCUT2D eigenvalue weighted by Crippen LogP contribution is 2.12. The van der Waals surface area contributed by atoms with E-state index in [1.807, 2.05) is 35.9 Å². The van der Waals surface area contributed by atoms with Crippen LogP contribution in [0, 0.1) is 0 Å². The topological polar surface area (TPSA) is 52.8 Å². The van der Waals surface area contributed by atoms with E-state index in [9.17, 15) is 0 Å². The Bertz CT molecular complexity index is 449. The molecule has 2 rings (SSSR count). The van der Waals surface area contributed by atoms with Crippen molar-refractivity contribution >= 4 is 0 Å². The second-order valence-electron chi connectivity index (χ2n) is 3.45. The van der Waals surface area contributed by atoms with E-state index in [0.29, 0.717) is 6.54 Å². The molecule has 0 amide bonds. The monoisotopic (exact) mass is 218 g/mol. The third-order valence-electron chi connectivity index (χ3n) is 2.41. The Kier molecular flexibility index (Phi) is 3.14.